The Bertz CT molecular complexity index is 715. The molecule has 2 aromatic carbocycles. The van der Waals surface area contributed by atoms with Crippen LogP contribution in [0.3, 0.4) is 0 Å². The molecule has 0 aliphatic rings. The van der Waals surface area contributed by atoms with E-state index in [0.717, 1.165) is 18.2 Å². The number of carbonyl (C=O) groups is 1. The summed E-state index contributed by atoms with van der Waals surface area (Å²) in [5.41, 5.74) is 4.92. The van der Waals surface area contributed by atoms with Crippen molar-refractivity contribution in [3.05, 3.63) is 59.2 Å². The first-order valence-electron chi connectivity index (χ1n) is 5.78. The highest BCUT2D eigenvalue weighted by molar-refractivity contribution is 7.80. The summed E-state index contributed by atoms with van der Waals surface area (Å²) in [4.78, 5) is 11.9. The van der Waals surface area contributed by atoms with E-state index in [9.17, 15) is 18.7 Å². The quantitative estimate of drug-likeness (QED) is 0.762. The molecule has 4 N–H and O–H groups in total. The van der Waals surface area contributed by atoms with Crippen molar-refractivity contribution in [3.8, 4) is 5.75 Å². The highest BCUT2D eigenvalue weighted by Gasteiger charge is 2.18. The largest absolute Gasteiger partial charge is 0.507 e. The molecular formula is C14H10F2N2O2S. The lowest BCUT2D eigenvalue weighted by molar-refractivity contribution is 0.102. The van der Waals surface area contributed by atoms with E-state index in [1.54, 1.807) is 0 Å². The average molecular weight is 308 g/mol. The molecule has 4 nitrogen and oxygen atoms in total. The molecule has 2 rings (SSSR count). The zero-order valence-corrected chi connectivity index (χ0v) is 11.4. The number of anilines is 1. The number of hydrogen-bond donors (Lipinski definition) is 3. The number of amides is 1. The summed E-state index contributed by atoms with van der Waals surface area (Å²) in [5.74, 6) is -3.18. The summed E-state index contributed by atoms with van der Waals surface area (Å²) >= 11 is 4.70. The molecule has 2 aromatic rings. The molecule has 21 heavy (non-hydrogen) atoms. The van der Waals surface area contributed by atoms with Crippen LogP contribution in [0.2, 0.25) is 0 Å². The normalized spacial score (nSPS) is 10.2. The van der Waals surface area contributed by atoms with Crippen molar-refractivity contribution in [2.45, 2.75) is 0 Å². The minimum absolute atomic E-state index is 0.0125. The van der Waals surface area contributed by atoms with Gasteiger partial charge in [-0.3, -0.25) is 4.79 Å². The van der Waals surface area contributed by atoms with Crippen molar-refractivity contribution in [2.75, 3.05) is 5.32 Å². The maximum atomic E-state index is 13.8. The van der Waals surface area contributed by atoms with Gasteiger partial charge in [-0.1, -0.05) is 18.3 Å². The Morgan fingerprint density at radius 3 is 2.48 bits per heavy atom. The number of carbonyl (C=O) groups excluding carboxylic acids is 1. The fraction of sp³-hybridized carbons (Fsp3) is 0. The van der Waals surface area contributed by atoms with Gasteiger partial charge < -0.3 is 16.2 Å². The van der Waals surface area contributed by atoms with Crippen molar-refractivity contribution in [2.24, 2.45) is 5.73 Å². The van der Waals surface area contributed by atoms with Gasteiger partial charge in [0.25, 0.3) is 5.91 Å². The molecule has 0 fully saturated rings. The summed E-state index contributed by atoms with van der Waals surface area (Å²) in [6, 6.07) is 7.14. The topological polar surface area (TPSA) is 75.3 Å². The molecular weight excluding hydrogens is 298 g/mol. The maximum Gasteiger partial charge on any atom is 0.262 e. The first-order valence-corrected chi connectivity index (χ1v) is 6.19. The fourth-order valence-corrected chi connectivity index (χ4v) is 1.82. The molecule has 0 unspecified atom stereocenters. The second-order valence-corrected chi connectivity index (χ2v) is 4.59. The van der Waals surface area contributed by atoms with Gasteiger partial charge in [0.15, 0.2) is 0 Å². The Morgan fingerprint density at radius 2 is 1.90 bits per heavy atom. The monoisotopic (exact) mass is 308 g/mol. The number of nitrogens with one attached hydrogen (secondary N) is 1. The second-order valence-electron chi connectivity index (χ2n) is 4.15. The average Bonchev–Trinajstić information content (AvgIpc) is 2.40. The van der Waals surface area contributed by atoms with E-state index >= 15 is 0 Å². The predicted octanol–water partition coefficient (Wildman–Crippen LogP) is 2.56. The van der Waals surface area contributed by atoms with Gasteiger partial charge in [0, 0.05) is 5.56 Å². The number of aromatic hydroxyl groups is 1. The van der Waals surface area contributed by atoms with Crippen molar-refractivity contribution in [1.29, 1.82) is 0 Å². The molecule has 0 saturated carbocycles. The van der Waals surface area contributed by atoms with Crippen molar-refractivity contribution < 1.29 is 18.7 Å². The molecule has 0 saturated heterocycles. The van der Waals surface area contributed by atoms with Gasteiger partial charge >= 0.3 is 0 Å². The highest BCUT2D eigenvalue weighted by atomic mass is 32.1. The van der Waals surface area contributed by atoms with Crippen LogP contribution in [-0.2, 0) is 0 Å². The van der Waals surface area contributed by atoms with E-state index in [1.807, 2.05) is 0 Å². The van der Waals surface area contributed by atoms with Crippen molar-refractivity contribution in [1.82, 2.24) is 0 Å². The van der Waals surface area contributed by atoms with Crippen LogP contribution in [0.1, 0.15) is 15.9 Å². The summed E-state index contributed by atoms with van der Waals surface area (Å²) in [6.07, 6.45) is 0. The van der Waals surface area contributed by atoms with Crippen molar-refractivity contribution in [3.63, 3.8) is 0 Å². The Labute approximate surface area is 124 Å². The lowest BCUT2D eigenvalue weighted by Gasteiger charge is -2.09. The van der Waals surface area contributed by atoms with Crippen LogP contribution in [0, 0.1) is 11.6 Å². The molecule has 0 atom stereocenters. The molecule has 0 spiro atoms. The second kappa shape index (κ2) is 5.84. The Morgan fingerprint density at radius 1 is 1.19 bits per heavy atom. The predicted molar refractivity (Wildman–Crippen MR) is 78.3 cm³/mol. The molecule has 0 aliphatic heterocycles. The molecule has 0 heterocycles. The van der Waals surface area contributed by atoms with Crippen LogP contribution < -0.4 is 11.1 Å². The fourth-order valence-electron chi connectivity index (χ4n) is 1.69. The molecule has 0 aliphatic carbocycles. The summed E-state index contributed by atoms with van der Waals surface area (Å²) in [7, 11) is 0. The van der Waals surface area contributed by atoms with Crippen LogP contribution in [0.25, 0.3) is 0 Å². The maximum absolute atomic E-state index is 13.8. The van der Waals surface area contributed by atoms with Gasteiger partial charge in [-0.2, -0.15) is 0 Å². The van der Waals surface area contributed by atoms with Crippen LogP contribution in [-0.4, -0.2) is 16.0 Å². The minimum Gasteiger partial charge on any atom is -0.507 e. The van der Waals surface area contributed by atoms with Gasteiger partial charge in [0.1, 0.15) is 27.9 Å². The third-order valence-electron chi connectivity index (χ3n) is 2.72. The number of phenolic OH excluding ortho intramolecular Hbond substituents is 1. The van der Waals surface area contributed by atoms with E-state index in [2.05, 4.69) is 5.32 Å². The Hall–Kier alpha value is -2.54. The molecule has 0 bridgehead atoms. The molecule has 0 aromatic heterocycles. The number of phenols is 1. The van der Waals surface area contributed by atoms with Crippen molar-refractivity contribution >= 4 is 28.8 Å². The van der Waals surface area contributed by atoms with E-state index < -0.39 is 28.9 Å². The van der Waals surface area contributed by atoms with E-state index in [4.69, 9.17) is 18.0 Å². The number of nitrogens with two attached hydrogens (primary N) is 1. The zero-order chi connectivity index (χ0) is 15.6. The van der Waals surface area contributed by atoms with Crippen LogP contribution in [0.15, 0.2) is 36.4 Å². The summed E-state index contributed by atoms with van der Waals surface area (Å²) < 4.78 is 27.3. The van der Waals surface area contributed by atoms with Gasteiger partial charge in [0.2, 0.25) is 0 Å². The van der Waals surface area contributed by atoms with E-state index in [-0.39, 0.29) is 10.7 Å². The standard InChI is InChI=1S/C14H10F2N2O2S/c15-8-2-1-3-11(19)12(8)14(20)18-10-5-4-7(13(17)21)6-9(10)16/h1-6,19H,(H2,17,21)(H,18,20). The smallest absolute Gasteiger partial charge is 0.262 e. The lowest BCUT2D eigenvalue weighted by atomic mass is 10.1. The SMILES string of the molecule is NC(=S)c1ccc(NC(=O)c2c(O)cccc2F)c(F)c1. The molecule has 0 radical (unpaired) electrons. The van der Waals surface area contributed by atoms with E-state index in [0.29, 0.717) is 5.56 Å². The minimum atomic E-state index is -0.965. The number of benzene rings is 2. The lowest BCUT2D eigenvalue weighted by Crippen LogP contribution is -2.16. The third kappa shape index (κ3) is 3.14. The third-order valence-corrected chi connectivity index (χ3v) is 2.96. The zero-order valence-electron chi connectivity index (χ0n) is 10.6. The van der Waals surface area contributed by atoms with Gasteiger partial charge in [0.05, 0.1) is 5.69 Å². The van der Waals surface area contributed by atoms with Crippen LogP contribution in [0.5, 0.6) is 5.75 Å². The first kappa shape index (κ1) is 14.9. The molecule has 108 valence electrons. The number of rotatable bonds is 3. The Kier molecular flexibility index (Phi) is 4.13. The number of thiocarbonyl (C=S) groups is 1. The van der Waals surface area contributed by atoms with Crippen LogP contribution in [0.4, 0.5) is 14.5 Å². The van der Waals surface area contributed by atoms with Gasteiger partial charge in [-0.25, -0.2) is 8.78 Å². The summed E-state index contributed by atoms with van der Waals surface area (Å²) in [5, 5.41) is 11.7. The van der Waals surface area contributed by atoms with E-state index in [1.165, 1.54) is 18.2 Å². The first-order chi connectivity index (χ1) is 9.90. The number of halogens is 2. The summed E-state index contributed by atoms with van der Waals surface area (Å²) in [6.45, 7) is 0. The van der Waals surface area contributed by atoms with Gasteiger partial charge in [-0.15, -0.1) is 0 Å². The highest BCUT2D eigenvalue weighted by Crippen LogP contribution is 2.22. The molecule has 1 amide bonds. The Balaban J connectivity index is 2.30. The van der Waals surface area contributed by atoms with Gasteiger partial charge in [-0.05, 0) is 30.3 Å². The molecule has 7 heteroatoms. The van der Waals surface area contributed by atoms with Crippen LogP contribution >= 0.6 is 12.2 Å². The number of hydrogen-bond acceptors (Lipinski definition) is 3.